The van der Waals surface area contributed by atoms with Gasteiger partial charge in [-0.15, -0.1) is 0 Å². The fraction of sp³-hybridized carbons (Fsp3) is 0.200. The van der Waals surface area contributed by atoms with Crippen molar-refractivity contribution in [3.63, 3.8) is 0 Å². The van der Waals surface area contributed by atoms with Gasteiger partial charge in [0.15, 0.2) is 0 Å². The molecule has 3 aromatic rings. The lowest BCUT2D eigenvalue weighted by molar-refractivity contribution is -0.124. The lowest BCUT2D eigenvalue weighted by atomic mass is 9.80. The molecule has 0 bridgehead atoms. The normalized spacial score (nSPS) is 22.1. The maximum absolute atomic E-state index is 14.1. The van der Waals surface area contributed by atoms with Gasteiger partial charge < -0.3 is 9.80 Å². The Balaban J connectivity index is 1.64. The third-order valence-electron chi connectivity index (χ3n) is 6.58. The number of anilines is 2. The SMILES string of the molecule is CN1C(=O)N(c2cc(Cl)cc(Cl)c2)C(=O)C12CN(c1ccccn1)CC2c1ccc(C#N)cc1. The molecular weight excluding hydrogens is 473 g/mol. The number of likely N-dealkylation sites (N-methyl/N-ethyl adjacent to an activating group) is 1. The van der Waals surface area contributed by atoms with Crippen molar-refractivity contribution in [2.24, 2.45) is 0 Å². The van der Waals surface area contributed by atoms with Crippen LogP contribution in [0.25, 0.3) is 0 Å². The van der Waals surface area contributed by atoms with E-state index in [1.165, 1.54) is 4.90 Å². The van der Waals surface area contributed by atoms with Gasteiger partial charge in [0, 0.05) is 35.8 Å². The van der Waals surface area contributed by atoms with E-state index in [9.17, 15) is 14.9 Å². The van der Waals surface area contributed by atoms with Gasteiger partial charge in [-0.25, -0.2) is 14.7 Å². The van der Waals surface area contributed by atoms with Crippen molar-refractivity contribution in [2.75, 3.05) is 29.9 Å². The fourth-order valence-corrected chi connectivity index (χ4v) is 5.44. The van der Waals surface area contributed by atoms with Crippen LogP contribution in [-0.4, -0.2) is 47.5 Å². The van der Waals surface area contributed by atoms with Gasteiger partial charge in [-0.2, -0.15) is 5.26 Å². The molecule has 2 unspecified atom stereocenters. The second-order valence-electron chi connectivity index (χ2n) is 8.39. The zero-order chi connectivity index (χ0) is 24.0. The lowest BCUT2D eigenvalue weighted by Gasteiger charge is -2.33. The maximum Gasteiger partial charge on any atom is 0.332 e. The second kappa shape index (κ2) is 8.32. The predicted octanol–water partition coefficient (Wildman–Crippen LogP) is 4.70. The molecule has 2 fully saturated rings. The van der Waals surface area contributed by atoms with Crippen molar-refractivity contribution in [1.82, 2.24) is 9.88 Å². The molecule has 3 amide bonds. The first-order chi connectivity index (χ1) is 16.3. The zero-order valence-electron chi connectivity index (χ0n) is 18.2. The molecule has 34 heavy (non-hydrogen) atoms. The van der Waals surface area contributed by atoms with Crippen LogP contribution in [-0.2, 0) is 4.79 Å². The average Bonchev–Trinajstić information content (AvgIpc) is 3.32. The number of hydrogen-bond donors (Lipinski definition) is 0. The number of rotatable bonds is 3. The Bertz CT molecular complexity index is 1310. The zero-order valence-corrected chi connectivity index (χ0v) is 19.7. The van der Waals surface area contributed by atoms with Crippen LogP contribution < -0.4 is 9.80 Å². The van der Waals surface area contributed by atoms with Crippen molar-refractivity contribution in [3.8, 4) is 6.07 Å². The van der Waals surface area contributed by atoms with Crippen LogP contribution in [0.3, 0.4) is 0 Å². The second-order valence-corrected chi connectivity index (χ2v) is 9.26. The van der Waals surface area contributed by atoms with Gasteiger partial charge in [0.25, 0.3) is 5.91 Å². The van der Waals surface area contributed by atoms with E-state index in [0.29, 0.717) is 27.8 Å². The Hall–Kier alpha value is -3.60. The third kappa shape index (κ3) is 3.38. The number of aromatic nitrogens is 1. The summed E-state index contributed by atoms with van der Waals surface area (Å²) < 4.78 is 0. The monoisotopic (exact) mass is 491 g/mol. The van der Waals surface area contributed by atoms with Crippen LogP contribution in [0.4, 0.5) is 16.3 Å². The van der Waals surface area contributed by atoms with E-state index >= 15 is 0 Å². The highest BCUT2D eigenvalue weighted by Crippen LogP contribution is 2.47. The van der Waals surface area contributed by atoms with Crippen molar-refractivity contribution < 1.29 is 9.59 Å². The summed E-state index contributed by atoms with van der Waals surface area (Å²) in [4.78, 5) is 36.8. The molecule has 5 rings (SSSR count). The molecule has 9 heteroatoms. The number of nitrogens with zero attached hydrogens (tertiary/aromatic N) is 5. The molecule has 2 aromatic carbocycles. The maximum atomic E-state index is 14.1. The van der Waals surface area contributed by atoms with Crippen LogP contribution in [0.2, 0.25) is 10.0 Å². The molecule has 2 aliphatic rings. The van der Waals surface area contributed by atoms with Gasteiger partial charge in [0.2, 0.25) is 0 Å². The number of hydrogen-bond acceptors (Lipinski definition) is 5. The molecule has 0 radical (unpaired) electrons. The standard InChI is InChI=1S/C25H19Cl2N5O2/c1-30-24(34)32(20-11-18(26)10-19(27)12-20)23(33)25(30)15-31(22-4-2-3-9-29-22)14-21(25)17-7-5-16(13-28)6-8-17/h2-12,21H,14-15H2,1H3. The Morgan fingerprint density at radius 1 is 1.06 bits per heavy atom. The number of benzene rings is 2. The molecule has 0 aliphatic carbocycles. The largest absolute Gasteiger partial charge is 0.353 e. The number of halogens is 2. The van der Waals surface area contributed by atoms with E-state index in [1.54, 1.807) is 43.6 Å². The Kier molecular flexibility index (Phi) is 5.43. The summed E-state index contributed by atoms with van der Waals surface area (Å²) in [6, 6.07) is 19.1. The molecule has 0 saturated carbocycles. The van der Waals surface area contributed by atoms with Gasteiger partial charge in [-0.3, -0.25) is 4.79 Å². The highest BCUT2D eigenvalue weighted by Gasteiger charge is 2.64. The van der Waals surface area contributed by atoms with Crippen LogP contribution in [0.5, 0.6) is 0 Å². The Morgan fingerprint density at radius 3 is 2.38 bits per heavy atom. The number of amides is 3. The molecular formula is C25H19Cl2N5O2. The summed E-state index contributed by atoms with van der Waals surface area (Å²) in [7, 11) is 1.64. The minimum atomic E-state index is -1.18. The highest BCUT2D eigenvalue weighted by molar-refractivity contribution is 6.35. The minimum absolute atomic E-state index is 0.264. The molecule has 1 spiro atoms. The number of carbonyl (C=O) groups is 2. The topological polar surface area (TPSA) is 80.5 Å². The van der Waals surface area contributed by atoms with E-state index in [2.05, 4.69) is 11.1 Å². The number of urea groups is 1. The van der Waals surface area contributed by atoms with Crippen molar-refractivity contribution in [3.05, 3.63) is 88.0 Å². The Labute approximate surface area is 206 Å². The Morgan fingerprint density at radius 2 is 1.76 bits per heavy atom. The van der Waals surface area contributed by atoms with Crippen molar-refractivity contribution >= 4 is 46.6 Å². The first kappa shape index (κ1) is 22.2. The van der Waals surface area contributed by atoms with Gasteiger partial charge in [0.05, 0.1) is 23.9 Å². The van der Waals surface area contributed by atoms with E-state index in [4.69, 9.17) is 23.2 Å². The fourth-order valence-electron chi connectivity index (χ4n) is 4.92. The molecule has 2 atom stereocenters. The summed E-state index contributed by atoms with van der Waals surface area (Å²) in [5.74, 6) is 0.00500. The summed E-state index contributed by atoms with van der Waals surface area (Å²) in [6.45, 7) is 0.733. The molecule has 2 aliphatic heterocycles. The van der Waals surface area contributed by atoms with E-state index in [0.717, 1.165) is 16.3 Å². The van der Waals surface area contributed by atoms with Gasteiger partial charge >= 0.3 is 6.03 Å². The van der Waals surface area contributed by atoms with Crippen LogP contribution in [0, 0.1) is 11.3 Å². The van der Waals surface area contributed by atoms with Crippen LogP contribution in [0.1, 0.15) is 17.0 Å². The highest BCUT2D eigenvalue weighted by atomic mass is 35.5. The van der Waals surface area contributed by atoms with Crippen molar-refractivity contribution in [2.45, 2.75) is 11.5 Å². The smallest absolute Gasteiger partial charge is 0.332 e. The lowest BCUT2D eigenvalue weighted by Crippen LogP contribution is -2.53. The predicted molar refractivity (Wildman–Crippen MR) is 130 cm³/mol. The number of imide groups is 1. The molecule has 170 valence electrons. The summed E-state index contributed by atoms with van der Waals surface area (Å²) >= 11 is 12.4. The first-order valence-corrected chi connectivity index (χ1v) is 11.4. The average molecular weight is 492 g/mol. The molecule has 0 N–H and O–H groups in total. The van der Waals surface area contributed by atoms with E-state index in [1.807, 2.05) is 35.2 Å². The van der Waals surface area contributed by atoms with Crippen LogP contribution >= 0.6 is 23.2 Å². The van der Waals surface area contributed by atoms with Gasteiger partial charge in [-0.05, 0) is 48.0 Å². The molecule has 3 heterocycles. The summed E-state index contributed by atoms with van der Waals surface area (Å²) in [5, 5.41) is 9.87. The quantitative estimate of drug-likeness (QED) is 0.496. The van der Waals surface area contributed by atoms with E-state index in [-0.39, 0.29) is 18.4 Å². The van der Waals surface area contributed by atoms with Gasteiger partial charge in [-0.1, -0.05) is 41.4 Å². The van der Waals surface area contributed by atoms with E-state index < -0.39 is 11.6 Å². The minimum Gasteiger partial charge on any atom is -0.353 e. The number of pyridine rings is 1. The third-order valence-corrected chi connectivity index (χ3v) is 7.02. The number of carbonyl (C=O) groups excluding carboxylic acids is 2. The van der Waals surface area contributed by atoms with Crippen molar-refractivity contribution in [1.29, 1.82) is 5.26 Å². The molecule has 7 nitrogen and oxygen atoms in total. The van der Waals surface area contributed by atoms with Crippen LogP contribution in [0.15, 0.2) is 66.9 Å². The molecule has 2 saturated heterocycles. The summed E-state index contributed by atoms with van der Waals surface area (Å²) in [5.41, 5.74) is 0.523. The first-order valence-electron chi connectivity index (χ1n) is 10.6. The molecule has 1 aromatic heterocycles. The summed E-state index contributed by atoms with van der Waals surface area (Å²) in [6.07, 6.45) is 1.70. The van der Waals surface area contributed by atoms with Gasteiger partial charge in [0.1, 0.15) is 11.4 Å². The number of nitriles is 1.